The minimum absolute atomic E-state index is 0.0181. The summed E-state index contributed by atoms with van der Waals surface area (Å²) in [4.78, 5) is 22.2. The molecular formula is C14H11ClN2O4. The maximum atomic E-state index is 12.1. The van der Waals surface area contributed by atoms with Gasteiger partial charge >= 0.3 is 0 Å². The molecule has 0 aromatic heterocycles. The van der Waals surface area contributed by atoms with Gasteiger partial charge in [-0.15, -0.1) is 0 Å². The Morgan fingerprint density at radius 2 is 2.05 bits per heavy atom. The van der Waals surface area contributed by atoms with Crippen molar-refractivity contribution in [1.29, 1.82) is 0 Å². The van der Waals surface area contributed by atoms with Gasteiger partial charge in [-0.3, -0.25) is 14.9 Å². The number of benzene rings is 2. The molecule has 1 amide bonds. The number of nitro groups is 1. The van der Waals surface area contributed by atoms with Crippen LogP contribution < -0.4 is 10.1 Å². The molecule has 0 aliphatic heterocycles. The Labute approximate surface area is 125 Å². The van der Waals surface area contributed by atoms with Gasteiger partial charge in [0.05, 0.1) is 22.6 Å². The van der Waals surface area contributed by atoms with E-state index in [1.165, 1.54) is 19.2 Å². The monoisotopic (exact) mass is 306 g/mol. The van der Waals surface area contributed by atoms with Crippen molar-refractivity contribution >= 4 is 28.9 Å². The van der Waals surface area contributed by atoms with Gasteiger partial charge in [0.15, 0.2) is 0 Å². The van der Waals surface area contributed by atoms with Crippen LogP contribution in [0.4, 0.5) is 11.4 Å². The Morgan fingerprint density at radius 3 is 2.67 bits per heavy atom. The highest BCUT2D eigenvalue weighted by molar-refractivity contribution is 6.34. The lowest BCUT2D eigenvalue weighted by molar-refractivity contribution is -0.384. The van der Waals surface area contributed by atoms with Crippen molar-refractivity contribution in [2.75, 3.05) is 12.4 Å². The van der Waals surface area contributed by atoms with Crippen molar-refractivity contribution in [3.05, 3.63) is 63.2 Å². The number of hydrogen-bond donors (Lipinski definition) is 1. The zero-order chi connectivity index (χ0) is 15.4. The second-order valence-corrected chi connectivity index (χ2v) is 4.51. The maximum absolute atomic E-state index is 12.1. The van der Waals surface area contributed by atoms with E-state index in [0.29, 0.717) is 11.4 Å². The molecule has 21 heavy (non-hydrogen) atoms. The second-order valence-electron chi connectivity index (χ2n) is 4.11. The van der Waals surface area contributed by atoms with E-state index < -0.39 is 10.8 Å². The minimum Gasteiger partial charge on any atom is -0.497 e. The van der Waals surface area contributed by atoms with Crippen LogP contribution >= 0.6 is 11.6 Å². The van der Waals surface area contributed by atoms with Crippen LogP contribution in [-0.2, 0) is 0 Å². The fourth-order valence-corrected chi connectivity index (χ4v) is 1.96. The van der Waals surface area contributed by atoms with Crippen LogP contribution in [0.1, 0.15) is 10.4 Å². The molecule has 0 fully saturated rings. The number of nitro benzene ring substituents is 1. The van der Waals surface area contributed by atoms with E-state index in [4.69, 9.17) is 16.3 Å². The van der Waals surface area contributed by atoms with E-state index in [1.54, 1.807) is 24.3 Å². The number of ether oxygens (including phenoxy) is 1. The van der Waals surface area contributed by atoms with E-state index in [2.05, 4.69) is 5.32 Å². The molecule has 0 aliphatic rings. The molecule has 2 rings (SSSR count). The van der Waals surface area contributed by atoms with Crippen molar-refractivity contribution in [2.24, 2.45) is 0 Å². The molecule has 7 heteroatoms. The summed E-state index contributed by atoms with van der Waals surface area (Å²) in [5, 5.41) is 13.3. The third-order valence-corrected chi connectivity index (χ3v) is 3.05. The predicted octanol–water partition coefficient (Wildman–Crippen LogP) is 3.51. The number of carbonyl (C=O) groups is 1. The molecule has 0 radical (unpaired) electrons. The molecule has 0 aliphatic carbocycles. The molecule has 0 bridgehead atoms. The first-order valence-corrected chi connectivity index (χ1v) is 6.28. The molecule has 108 valence electrons. The van der Waals surface area contributed by atoms with Gasteiger partial charge < -0.3 is 10.1 Å². The SMILES string of the molecule is COc1cccc(NC(=O)c2ccc([N+](=O)[O-])cc2Cl)c1. The summed E-state index contributed by atoms with van der Waals surface area (Å²) in [5.74, 6) is 0.144. The molecule has 0 heterocycles. The number of anilines is 1. The van der Waals surface area contributed by atoms with Gasteiger partial charge in [0.1, 0.15) is 5.75 Å². The summed E-state index contributed by atoms with van der Waals surface area (Å²) < 4.78 is 5.06. The highest BCUT2D eigenvalue weighted by Crippen LogP contribution is 2.24. The first kappa shape index (κ1) is 14.8. The van der Waals surface area contributed by atoms with Gasteiger partial charge in [-0.25, -0.2) is 0 Å². The van der Waals surface area contributed by atoms with Crippen molar-refractivity contribution in [2.45, 2.75) is 0 Å². The number of nitrogens with zero attached hydrogens (tertiary/aromatic N) is 1. The van der Waals surface area contributed by atoms with E-state index in [-0.39, 0.29) is 16.3 Å². The van der Waals surface area contributed by atoms with Crippen LogP contribution in [0.3, 0.4) is 0 Å². The van der Waals surface area contributed by atoms with Gasteiger partial charge in [0.25, 0.3) is 11.6 Å². The first-order valence-electron chi connectivity index (χ1n) is 5.90. The molecular weight excluding hydrogens is 296 g/mol. The van der Waals surface area contributed by atoms with Crippen molar-refractivity contribution < 1.29 is 14.5 Å². The van der Waals surface area contributed by atoms with E-state index >= 15 is 0 Å². The topological polar surface area (TPSA) is 81.5 Å². The van der Waals surface area contributed by atoms with Crippen LogP contribution in [0.25, 0.3) is 0 Å². The maximum Gasteiger partial charge on any atom is 0.270 e. The zero-order valence-corrected chi connectivity index (χ0v) is 11.8. The summed E-state index contributed by atoms with van der Waals surface area (Å²) in [6.45, 7) is 0. The van der Waals surface area contributed by atoms with E-state index in [1.807, 2.05) is 0 Å². The number of rotatable bonds is 4. The lowest BCUT2D eigenvalue weighted by Crippen LogP contribution is -2.12. The van der Waals surface area contributed by atoms with Crippen LogP contribution in [0.5, 0.6) is 5.75 Å². The molecule has 0 spiro atoms. The number of halogens is 1. The quantitative estimate of drug-likeness (QED) is 0.692. The number of carbonyl (C=O) groups excluding carboxylic acids is 1. The minimum atomic E-state index is -0.574. The molecule has 6 nitrogen and oxygen atoms in total. The molecule has 0 atom stereocenters. The van der Waals surface area contributed by atoms with E-state index in [0.717, 1.165) is 6.07 Å². The van der Waals surface area contributed by atoms with Crippen molar-refractivity contribution in [3.63, 3.8) is 0 Å². The molecule has 0 unspecified atom stereocenters. The van der Waals surface area contributed by atoms with Crippen molar-refractivity contribution in [1.82, 2.24) is 0 Å². The van der Waals surface area contributed by atoms with E-state index in [9.17, 15) is 14.9 Å². The van der Waals surface area contributed by atoms with Gasteiger partial charge in [-0.05, 0) is 18.2 Å². The fourth-order valence-electron chi connectivity index (χ4n) is 1.70. The number of non-ortho nitro benzene ring substituents is 1. The van der Waals surface area contributed by atoms with Crippen LogP contribution in [0.2, 0.25) is 5.02 Å². The highest BCUT2D eigenvalue weighted by Gasteiger charge is 2.15. The largest absolute Gasteiger partial charge is 0.497 e. The number of nitrogens with one attached hydrogen (secondary N) is 1. The second kappa shape index (κ2) is 6.23. The van der Waals surface area contributed by atoms with Crippen LogP contribution in [-0.4, -0.2) is 17.9 Å². The zero-order valence-electron chi connectivity index (χ0n) is 11.0. The Kier molecular flexibility index (Phi) is 4.39. The summed E-state index contributed by atoms with van der Waals surface area (Å²) in [5.41, 5.74) is 0.525. The molecule has 2 aromatic rings. The van der Waals surface area contributed by atoms with Crippen LogP contribution in [0, 0.1) is 10.1 Å². The molecule has 0 saturated heterocycles. The van der Waals surface area contributed by atoms with Crippen molar-refractivity contribution in [3.8, 4) is 5.75 Å². The van der Waals surface area contributed by atoms with Crippen LogP contribution in [0.15, 0.2) is 42.5 Å². The lowest BCUT2D eigenvalue weighted by Gasteiger charge is -2.08. The fraction of sp³-hybridized carbons (Fsp3) is 0.0714. The number of hydrogen-bond acceptors (Lipinski definition) is 4. The number of amides is 1. The normalized spacial score (nSPS) is 10.0. The summed E-state index contributed by atoms with van der Waals surface area (Å²) in [6.07, 6.45) is 0. The summed E-state index contributed by atoms with van der Waals surface area (Å²) >= 11 is 5.90. The summed E-state index contributed by atoms with van der Waals surface area (Å²) in [6, 6.07) is 10.5. The highest BCUT2D eigenvalue weighted by atomic mass is 35.5. The Bertz CT molecular complexity index is 703. The Balaban J connectivity index is 2.22. The first-order chi connectivity index (χ1) is 10.0. The molecule has 1 N–H and O–H groups in total. The van der Waals surface area contributed by atoms with Gasteiger partial charge in [-0.1, -0.05) is 17.7 Å². The Hall–Kier alpha value is -2.60. The third kappa shape index (κ3) is 3.49. The number of methoxy groups -OCH3 is 1. The molecule has 0 saturated carbocycles. The lowest BCUT2D eigenvalue weighted by atomic mass is 10.2. The van der Waals surface area contributed by atoms with Gasteiger partial charge in [-0.2, -0.15) is 0 Å². The third-order valence-electron chi connectivity index (χ3n) is 2.74. The average molecular weight is 307 g/mol. The average Bonchev–Trinajstić information content (AvgIpc) is 2.47. The predicted molar refractivity (Wildman–Crippen MR) is 79.1 cm³/mol. The summed E-state index contributed by atoms with van der Waals surface area (Å²) in [7, 11) is 1.52. The molecule has 2 aromatic carbocycles. The Morgan fingerprint density at radius 1 is 1.29 bits per heavy atom. The smallest absolute Gasteiger partial charge is 0.270 e. The van der Waals surface area contributed by atoms with Gasteiger partial charge in [0, 0.05) is 23.9 Å². The van der Waals surface area contributed by atoms with Gasteiger partial charge in [0.2, 0.25) is 0 Å². The standard InChI is InChI=1S/C14H11ClN2O4/c1-21-11-4-2-3-9(7-11)16-14(18)12-6-5-10(17(19)20)8-13(12)15/h2-8H,1H3,(H,16,18).